The van der Waals surface area contributed by atoms with Gasteiger partial charge in [0.25, 0.3) is 11.5 Å². The van der Waals surface area contributed by atoms with Gasteiger partial charge in [0.05, 0.1) is 30.7 Å². The SMILES string of the molecule is O=C(Nc1ccn(CCC(F)Cn2cc(C(=O)NCc3cccc(C(F)(F)F)n3)nn2)c(=O)c1F)OC1CCC1. The van der Waals surface area contributed by atoms with Crippen molar-refractivity contribution in [1.82, 2.24) is 29.9 Å². The Bertz CT molecular complexity index is 1420. The number of anilines is 1. The summed E-state index contributed by atoms with van der Waals surface area (Å²) in [4.78, 5) is 39.8. The number of aromatic nitrogens is 5. The molecule has 1 aliphatic carbocycles. The largest absolute Gasteiger partial charge is 0.446 e. The van der Waals surface area contributed by atoms with Gasteiger partial charge in [0, 0.05) is 12.7 Å². The van der Waals surface area contributed by atoms with Crippen molar-refractivity contribution in [2.45, 2.75) is 63.8 Å². The predicted octanol–water partition coefficient (Wildman–Crippen LogP) is 3.45. The summed E-state index contributed by atoms with van der Waals surface area (Å²) in [5, 5.41) is 11.8. The minimum atomic E-state index is -4.63. The summed E-state index contributed by atoms with van der Waals surface area (Å²) in [5.41, 5.74) is -2.72. The van der Waals surface area contributed by atoms with Gasteiger partial charge in [-0.2, -0.15) is 17.6 Å². The third-order valence-corrected chi connectivity index (χ3v) is 6.04. The van der Waals surface area contributed by atoms with E-state index in [4.69, 9.17) is 4.74 Å². The van der Waals surface area contributed by atoms with Gasteiger partial charge < -0.3 is 14.6 Å². The Morgan fingerprint density at radius 3 is 2.67 bits per heavy atom. The van der Waals surface area contributed by atoms with E-state index in [1.54, 1.807) is 0 Å². The number of amides is 2. The molecule has 0 bridgehead atoms. The number of hydrogen-bond acceptors (Lipinski definition) is 7. The zero-order valence-electron chi connectivity index (χ0n) is 20.8. The molecule has 0 saturated heterocycles. The zero-order chi connectivity index (χ0) is 28.9. The summed E-state index contributed by atoms with van der Waals surface area (Å²) in [6, 6.07) is 4.45. The molecule has 3 aromatic heterocycles. The molecule has 40 heavy (non-hydrogen) atoms. The molecular weight excluding hydrogens is 545 g/mol. The number of carbonyl (C=O) groups excluding carboxylic acids is 2. The van der Waals surface area contributed by atoms with E-state index < -0.39 is 41.4 Å². The first-order valence-electron chi connectivity index (χ1n) is 12.2. The summed E-state index contributed by atoms with van der Waals surface area (Å²) >= 11 is 0. The van der Waals surface area contributed by atoms with E-state index in [9.17, 15) is 36.3 Å². The number of rotatable bonds is 10. The van der Waals surface area contributed by atoms with Crippen LogP contribution in [-0.4, -0.2) is 48.8 Å². The molecule has 0 spiro atoms. The van der Waals surface area contributed by atoms with Gasteiger partial charge in [0.2, 0.25) is 5.82 Å². The first-order chi connectivity index (χ1) is 19.0. The summed E-state index contributed by atoms with van der Waals surface area (Å²) < 4.78 is 74.4. The maximum atomic E-state index is 14.6. The number of nitrogens with zero attached hydrogens (tertiary/aromatic N) is 5. The Morgan fingerprint density at radius 2 is 1.98 bits per heavy atom. The number of alkyl halides is 4. The second kappa shape index (κ2) is 12.2. The van der Waals surface area contributed by atoms with Crippen LogP contribution in [0.2, 0.25) is 0 Å². The molecule has 3 heterocycles. The highest BCUT2D eigenvalue weighted by Crippen LogP contribution is 2.27. The summed E-state index contributed by atoms with van der Waals surface area (Å²) in [5.74, 6) is -1.97. The Labute approximate surface area is 223 Å². The molecule has 11 nitrogen and oxygen atoms in total. The Hall–Kier alpha value is -4.37. The highest BCUT2D eigenvalue weighted by molar-refractivity contribution is 5.91. The molecule has 214 valence electrons. The van der Waals surface area contributed by atoms with E-state index >= 15 is 0 Å². The van der Waals surface area contributed by atoms with Gasteiger partial charge in [-0.05, 0) is 43.9 Å². The van der Waals surface area contributed by atoms with E-state index in [2.05, 4.69) is 25.9 Å². The van der Waals surface area contributed by atoms with Crippen LogP contribution in [0.4, 0.5) is 32.4 Å². The van der Waals surface area contributed by atoms with Gasteiger partial charge in [-0.15, -0.1) is 5.10 Å². The first kappa shape index (κ1) is 28.6. The number of aryl methyl sites for hydroxylation is 1. The highest BCUT2D eigenvalue weighted by atomic mass is 19.4. The number of halogens is 5. The topological polar surface area (TPSA) is 133 Å². The average Bonchev–Trinajstić information content (AvgIpc) is 3.35. The third kappa shape index (κ3) is 7.39. The molecule has 1 saturated carbocycles. The Balaban J connectivity index is 1.25. The minimum Gasteiger partial charge on any atom is -0.446 e. The number of hydrogen-bond donors (Lipinski definition) is 2. The summed E-state index contributed by atoms with van der Waals surface area (Å²) in [7, 11) is 0. The number of pyridine rings is 2. The lowest BCUT2D eigenvalue weighted by molar-refractivity contribution is -0.141. The molecule has 3 aromatic rings. The van der Waals surface area contributed by atoms with E-state index in [-0.39, 0.29) is 49.2 Å². The van der Waals surface area contributed by atoms with E-state index in [0.29, 0.717) is 0 Å². The second-order valence-corrected chi connectivity index (χ2v) is 9.03. The van der Waals surface area contributed by atoms with E-state index in [1.807, 2.05) is 0 Å². The van der Waals surface area contributed by atoms with Crippen LogP contribution in [0, 0.1) is 5.82 Å². The standard InChI is InChI=1S/C24H24F5N7O4/c25-14(7-9-35-10-8-17(20(26)22(35)38)32-23(39)40-16-4-2-5-16)12-36-13-18(33-34-36)21(37)30-11-15-3-1-6-19(31-15)24(27,28)29/h1,3,6,8,10,13-14,16H,2,4-5,7,9,11-12H2,(H,30,37)(H,32,39). The maximum Gasteiger partial charge on any atom is 0.433 e. The van der Waals surface area contributed by atoms with Gasteiger partial charge in [0.1, 0.15) is 18.0 Å². The van der Waals surface area contributed by atoms with Crippen molar-refractivity contribution >= 4 is 17.7 Å². The molecule has 1 aliphatic rings. The Kier molecular flexibility index (Phi) is 8.74. The molecule has 0 radical (unpaired) electrons. The lowest BCUT2D eigenvalue weighted by Crippen LogP contribution is -2.30. The van der Waals surface area contributed by atoms with Crippen LogP contribution in [0.15, 0.2) is 41.5 Å². The zero-order valence-corrected chi connectivity index (χ0v) is 20.8. The van der Waals surface area contributed by atoms with Gasteiger partial charge in [0.15, 0.2) is 5.69 Å². The van der Waals surface area contributed by atoms with Gasteiger partial charge in [-0.3, -0.25) is 14.9 Å². The van der Waals surface area contributed by atoms with Crippen molar-refractivity contribution in [2.24, 2.45) is 0 Å². The lowest BCUT2D eigenvalue weighted by Gasteiger charge is -2.25. The summed E-state index contributed by atoms with van der Waals surface area (Å²) in [6.45, 7) is -0.822. The minimum absolute atomic E-state index is 0.0246. The van der Waals surface area contributed by atoms with Crippen molar-refractivity contribution in [1.29, 1.82) is 0 Å². The van der Waals surface area contributed by atoms with Crippen LogP contribution >= 0.6 is 0 Å². The van der Waals surface area contributed by atoms with Crippen LogP contribution in [-0.2, 0) is 30.5 Å². The van der Waals surface area contributed by atoms with Crippen LogP contribution in [0.3, 0.4) is 0 Å². The molecule has 2 amide bonds. The lowest BCUT2D eigenvalue weighted by atomic mass is 9.96. The van der Waals surface area contributed by atoms with Crippen LogP contribution in [0.5, 0.6) is 0 Å². The average molecular weight is 569 g/mol. The van der Waals surface area contributed by atoms with Gasteiger partial charge in [-0.1, -0.05) is 11.3 Å². The van der Waals surface area contributed by atoms with Gasteiger partial charge >= 0.3 is 12.3 Å². The molecular formula is C24H24F5N7O4. The van der Waals surface area contributed by atoms with E-state index in [1.165, 1.54) is 18.3 Å². The molecule has 0 aliphatic heterocycles. The molecule has 2 N–H and O–H groups in total. The number of ether oxygens (including phenoxy) is 1. The second-order valence-electron chi connectivity index (χ2n) is 9.03. The normalized spacial score (nSPS) is 14.3. The van der Waals surface area contributed by atoms with Gasteiger partial charge in [-0.25, -0.2) is 18.9 Å². The van der Waals surface area contributed by atoms with Crippen molar-refractivity contribution in [3.8, 4) is 0 Å². The number of carbonyl (C=O) groups is 2. The Morgan fingerprint density at radius 1 is 1.20 bits per heavy atom. The number of nitrogens with one attached hydrogen (secondary N) is 2. The fourth-order valence-electron chi connectivity index (χ4n) is 3.66. The third-order valence-electron chi connectivity index (χ3n) is 6.04. The fourth-order valence-corrected chi connectivity index (χ4v) is 3.66. The van der Waals surface area contributed by atoms with Crippen LogP contribution < -0.4 is 16.2 Å². The quantitative estimate of drug-likeness (QED) is 0.358. The molecule has 1 unspecified atom stereocenters. The van der Waals surface area contributed by atoms with Crippen molar-refractivity contribution < 1.29 is 36.3 Å². The maximum absolute atomic E-state index is 14.6. The van der Waals surface area contributed by atoms with E-state index in [0.717, 1.165) is 46.8 Å². The molecule has 1 fully saturated rings. The smallest absolute Gasteiger partial charge is 0.433 e. The first-order valence-corrected chi connectivity index (χ1v) is 12.2. The van der Waals surface area contributed by atoms with Crippen molar-refractivity contribution in [2.75, 3.05) is 5.32 Å². The molecule has 16 heteroatoms. The fraction of sp³-hybridized carbons (Fsp3) is 0.417. The monoisotopic (exact) mass is 569 g/mol. The molecule has 4 rings (SSSR count). The van der Waals surface area contributed by atoms with Crippen molar-refractivity contribution in [3.63, 3.8) is 0 Å². The predicted molar refractivity (Wildman–Crippen MR) is 128 cm³/mol. The van der Waals surface area contributed by atoms with Crippen LogP contribution in [0.1, 0.15) is 47.6 Å². The summed E-state index contributed by atoms with van der Waals surface area (Å²) in [6.07, 6.45) is -2.72. The molecule has 0 aromatic carbocycles. The van der Waals surface area contributed by atoms with Crippen LogP contribution in [0.25, 0.3) is 0 Å². The van der Waals surface area contributed by atoms with Crippen molar-refractivity contribution in [3.05, 3.63) is 69.9 Å². The highest BCUT2D eigenvalue weighted by Gasteiger charge is 2.32. The molecule has 1 atom stereocenters.